The van der Waals surface area contributed by atoms with Crippen LogP contribution in [0, 0.1) is 11.8 Å². The average Bonchev–Trinajstić information content (AvgIpc) is 3.22. The summed E-state index contributed by atoms with van der Waals surface area (Å²) in [7, 11) is 0. The van der Waals surface area contributed by atoms with Gasteiger partial charge in [0.2, 0.25) is 0 Å². The average molecular weight is 369 g/mol. The summed E-state index contributed by atoms with van der Waals surface area (Å²) in [5.74, 6) is 1.76. The van der Waals surface area contributed by atoms with E-state index in [4.69, 9.17) is 4.74 Å². The number of aliphatic hydroxyl groups excluding tert-OH is 1. The Labute approximate surface area is 157 Å². The quantitative estimate of drug-likeness (QED) is 0.810. The summed E-state index contributed by atoms with van der Waals surface area (Å²) in [6.45, 7) is 1.28. The van der Waals surface area contributed by atoms with Crippen LogP contribution in [0.5, 0.6) is 0 Å². The van der Waals surface area contributed by atoms with Gasteiger partial charge in [0, 0.05) is 37.1 Å². The van der Waals surface area contributed by atoms with Crippen LogP contribution in [-0.2, 0) is 11.2 Å². The van der Waals surface area contributed by atoms with Crippen LogP contribution in [0.15, 0.2) is 18.6 Å². The summed E-state index contributed by atoms with van der Waals surface area (Å²) in [4.78, 5) is 21.5. The molecule has 2 aromatic heterocycles. The molecule has 3 aliphatic rings. The summed E-state index contributed by atoms with van der Waals surface area (Å²) in [6.07, 6.45) is 8.67. The molecule has 2 aromatic rings. The van der Waals surface area contributed by atoms with Crippen LogP contribution in [0.3, 0.4) is 0 Å². The number of fused-ring (bicyclic) bond motifs is 3. The molecule has 3 atom stereocenters. The third-order valence-corrected chi connectivity index (χ3v) is 6.09. The van der Waals surface area contributed by atoms with Gasteiger partial charge in [0.15, 0.2) is 11.5 Å². The van der Waals surface area contributed by atoms with Crippen LogP contribution < -0.4 is 5.32 Å². The number of aliphatic hydroxyl groups is 1. The predicted molar refractivity (Wildman–Crippen MR) is 95.6 cm³/mol. The smallest absolute Gasteiger partial charge is 0.272 e. The second-order valence-electron chi connectivity index (χ2n) is 7.71. The van der Waals surface area contributed by atoms with Crippen molar-refractivity contribution >= 4 is 5.91 Å². The molecular weight excluding hydrogens is 346 g/mol. The molecule has 8 nitrogen and oxygen atoms in total. The standard InChI is InChI=1S/C19H23N5O3/c25-10-15(11-1-5-27-6-2-11)22-19(26)17-14-8-12-7-13(12)18(14)24(23-17)16-9-20-3-4-21-16/h3-4,9,11-13,15,25H,1-2,5-8,10H2,(H,22,26)/t12-,13-,15?/m1/s1. The van der Waals surface area contributed by atoms with E-state index in [2.05, 4.69) is 20.4 Å². The number of amides is 1. The maximum Gasteiger partial charge on any atom is 0.272 e. The van der Waals surface area contributed by atoms with Crippen molar-refractivity contribution in [2.24, 2.45) is 11.8 Å². The van der Waals surface area contributed by atoms with E-state index in [1.165, 1.54) is 0 Å². The lowest BCUT2D eigenvalue weighted by Gasteiger charge is -2.29. The van der Waals surface area contributed by atoms with Gasteiger partial charge in [0.05, 0.1) is 24.5 Å². The van der Waals surface area contributed by atoms with E-state index in [9.17, 15) is 9.90 Å². The molecule has 3 heterocycles. The van der Waals surface area contributed by atoms with Crippen LogP contribution in [-0.4, -0.2) is 56.6 Å². The van der Waals surface area contributed by atoms with Crippen LogP contribution in [0.1, 0.15) is 46.9 Å². The molecule has 1 saturated heterocycles. The first-order valence-corrected chi connectivity index (χ1v) is 9.64. The minimum absolute atomic E-state index is 0.0747. The highest BCUT2D eigenvalue weighted by Crippen LogP contribution is 2.57. The number of nitrogens with zero attached hydrogens (tertiary/aromatic N) is 4. The molecule has 2 aliphatic carbocycles. The normalized spacial score (nSPS) is 24.9. The molecule has 8 heteroatoms. The van der Waals surface area contributed by atoms with Crippen molar-refractivity contribution < 1.29 is 14.6 Å². The molecule has 1 aliphatic heterocycles. The summed E-state index contributed by atoms with van der Waals surface area (Å²) < 4.78 is 7.18. The van der Waals surface area contributed by atoms with E-state index in [0.717, 1.165) is 36.9 Å². The van der Waals surface area contributed by atoms with E-state index >= 15 is 0 Å². The van der Waals surface area contributed by atoms with Crippen LogP contribution in [0.4, 0.5) is 0 Å². The van der Waals surface area contributed by atoms with Crippen LogP contribution in [0.2, 0.25) is 0 Å². The lowest BCUT2D eigenvalue weighted by atomic mass is 9.92. The fourth-order valence-electron chi connectivity index (χ4n) is 4.54. The Balaban J connectivity index is 1.43. The SMILES string of the molecule is O=C(NC(CO)C1CCOCC1)c1nn(-c2cnccn2)c2c1C[C@H]1C[C@@H]21. The highest BCUT2D eigenvalue weighted by molar-refractivity contribution is 5.94. The maximum absolute atomic E-state index is 13.0. The van der Waals surface area contributed by atoms with E-state index in [1.54, 1.807) is 23.3 Å². The molecule has 1 amide bonds. The Morgan fingerprint density at radius 3 is 2.96 bits per heavy atom. The van der Waals surface area contributed by atoms with Crippen molar-refractivity contribution in [2.45, 2.75) is 37.6 Å². The van der Waals surface area contributed by atoms with Gasteiger partial charge in [-0.2, -0.15) is 5.10 Å². The largest absolute Gasteiger partial charge is 0.394 e. The first kappa shape index (κ1) is 16.8. The molecular formula is C19H23N5O3. The van der Waals surface area contributed by atoms with Crippen LogP contribution in [0.25, 0.3) is 5.82 Å². The van der Waals surface area contributed by atoms with Gasteiger partial charge >= 0.3 is 0 Å². The highest BCUT2D eigenvalue weighted by Gasteiger charge is 2.50. The molecule has 1 unspecified atom stereocenters. The second kappa shape index (κ2) is 6.69. The van der Waals surface area contributed by atoms with Gasteiger partial charge in [-0.05, 0) is 37.5 Å². The summed E-state index contributed by atoms with van der Waals surface area (Å²) in [5, 5.41) is 17.4. The van der Waals surface area contributed by atoms with Gasteiger partial charge in [-0.1, -0.05) is 0 Å². The molecule has 1 saturated carbocycles. The number of aromatic nitrogens is 4. The van der Waals surface area contributed by atoms with Gasteiger partial charge in [-0.15, -0.1) is 0 Å². The number of rotatable bonds is 5. The zero-order valence-electron chi connectivity index (χ0n) is 15.0. The molecule has 2 N–H and O–H groups in total. The summed E-state index contributed by atoms with van der Waals surface area (Å²) >= 11 is 0. The van der Waals surface area contributed by atoms with Crippen molar-refractivity contribution in [3.8, 4) is 5.82 Å². The van der Waals surface area contributed by atoms with Gasteiger partial charge in [-0.3, -0.25) is 9.78 Å². The highest BCUT2D eigenvalue weighted by atomic mass is 16.5. The predicted octanol–water partition coefficient (Wildman–Crippen LogP) is 0.839. The Morgan fingerprint density at radius 1 is 1.37 bits per heavy atom. The number of nitrogens with one attached hydrogen (secondary N) is 1. The fourth-order valence-corrected chi connectivity index (χ4v) is 4.54. The van der Waals surface area contributed by atoms with E-state index in [1.807, 2.05) is 0 Å². The minimum Gasteiger partial charge on any atom is -0.394 e. The Morgan fingerprint density at radius 2 is 2.22 bits per heavy atom. The van der Waals surface area contributed by atoms with Crippen molar-refractivity contribution in [3.05, 3.63) is 35.5 Å². The molecule has 0 bridgehead atoms. The third kappa shape index (κ3) is 2.93. The van der Waals surface area contributed by atoms with Crippen molar-refractivity contribution in [2.75, 3.05) is 19.8 Å². The molecule has 0 radical (unpaired) electrons. The first-order chi connectivity index (χ1) is 13.3. The van der Waals surface area contributed by atoms with E-state index in [-0.39, 0.29) is 24.5 Å². The zero-order chi connectivity index (χ0) is 18.4. The molecule has 5 rings (SSSR count). The summed E-state index contributed by atoms with van der Waals surface area (Å²) in [5.41, 5.74) is 2.61. The topological polar surface area (TPSA) is 102 Å². The Kier molecular flexibility index (Phi) is 4.17. The number of carbonyl (C=O) groups excluding carboxylic acids is 1. The maximum atomic E-state index is 13.0. The molecule has 2 fully saturated rings. The number of ether oxygens (including phenoxy) is 1. The van der Waals surface area contributed by atoms with Crippen LogP contribution >= 0.6 is 0 Å². The fraction of sp³-hybridized carbons (Fsp3) is 0.579. The third-order valence-electron chi connectivity index (χ3n) is 6.09. The number of hydrogen-bond acceptors (Lipinski definition) is 6. The van der Waals surface area contributed by atoms with Gasteiger partial charge < -0.3 is 15.2 Å². The van der Waals surface area contributed by atoms with Crippen molar-refractivity contribution in [1.29, 1.82) is 0 Å². The lowest BCUT2D eigenvalue weighted by molar-refractivity contribution is 0.0418. The van der Waals surface area contributed by atoms with Crippen molar-refractivity contribution in [1.82, 2.24) is 25.1 Å². The van der Waals surface area contributed by atoms with E-state index in [0.29, 0.717) is 36.6 Å². The molecule has 0 aromatic carbocycles. The Bertz CT molecular complexity index is 847. The second-order valence-corrected chi connectivity index (χ2v) is 7.71. The van der Waals surface area contributed by atoms with Gasteiger partial charge in [-0.25, -0.2) is 9.67 Å². The van der Waals surface area contributed by atoms with Crippen molar-refractivity contribution in [3.63, 3.8) is 0 Å². The number of hydrogen-bond donors (Lipinski definition) is 2. The summed E-state index contributed by atoms with van der Waals surface area (Å²) in [6, 6.07) is -0.269. The van der Waals surface area contributed by atoms with E-state index < -0.39 is 0 Å². The first-order valence-electron chi connectivity index (χ1n) is 9.64. The van der Waals surface area contributed by atoms with Gasteiger partial charge in [0.1, 0.15) is 0 Å². The Hall–Kier alpha value is -2.32. The molecule has 27 heavy (non-hydrogen) atoms. The van der Waals surface area contributed by atoms with Gasteiger partial charge in [0.25, 0.3) is 5.91 Å². The minimum atomic E-state index is -0.269. The zero-order valence-corrected chi connectivity index (χ0v) is 15.0. The lowest BCUT2D eigenvalue weighted by Crippen LogP contribution is -2.45. The number of carbonyl (C=O) groups is 1. The monoisotopic (exact) mass is 369 g/mol. The molecule has 0 spiro atoms. The molecule has 142 valence electrons.